The van der Waals surface area contributed by atoms with Crippen molar-refractivity contribution in [2.45, 2.75) is 25.8 Å². The van der Waals surface area contributed by atoms with Gasteiger partial charge < -0.3 is 10.1 Å². The molecule has 2 aromatic rings. The zero-order valence-electron chi connectivity index (χ0n) is 13.0. The molecule has 1 aromatic heterocycles. The summed E-state index contributed by atoms with van der Waals surface area (Å²) >= 11 is 0. The van der Waals surface area contributed by atoms with Crippen molar-refractivity contribution >= 4 is 0 Å². The minimum atomic E-state index is -0.258. The molecular weight excluding hydrogens is 269 g/mol. The van der Waals surface area contributed by atoms with Crippen molar-refractivity contribution in [2.75, 3.05) is 14.2 Å². The first-order valence-electron chi connectivity index (χ1n) is 7.11. The number of nitrogens with zero attached hydrogens (tertiary/aromatic N) is 2. The lowest BCUT2D eigenvalue weighted by molar-refractivity contribution is 0.409. The Morgan fingerprint density at radius 2 is 2.14 bits per heavy atom. The number of aromatic nitrogens is 2. The highest BCUT2D eigenvalue weighted by atomic mass is 19.1. The van der Waals surface area contributed by atoms with Crippen LogP contribution in [-0.2, 0) is 19.9 Å². The van der Waals surface area contributed by atoms with Crippen LogP contribution in [0.5, 0.6) is 5.75 Å². The summed E-state index contributed by atoms with van der Waals surface area (Å²) in [4.78, 5) is 0. The fourth-order valence-electron chi connectivity index (χ4n) is 2.43. The molecule has 0 saturated carbocycles. The molecule has 0 spiro atoms. The largest absolute Gasteiger partial charge is 0.497 e. The zero-order chi connectivity index (χ0) is 15.4. The molecule has 0 radical (unpaired) electrons. The monoisotopic (exact) mass is 291 g/mol. The molecule has 5 heteroatoms. The normalized spacial score (nSPS) is 12.4. The number of halogens is 1. The molecule has 21 heavy (non-hydrogen) atoms. The Morgan fingerprint density at radius 1 is 1.38 bits per heavy atom. The van der Waals surface area contributed by atoms with Gasteiger partial charge in [-0.05, 0) is 25.6 Å². The lowest BCUT2D eigenvalue weighted by Gasteiger charge is -2.18. The minimum absolute atomic E-state index is 0.101. The van der Waals surface area contributed by atoms with Crippen LogP contribution in [0.25, 0.3) is 0 Å². The smallest absolute Gasteiger partial charge is 0.131 e. The van der Waals surface area contributed by atoms with E-state index in [9.17, 15) is 4.39 Å². The topological polar surface area (TPSA) is 39.1 Å². The van der Waals surface area contributed by atoms with Gasteiger partial charge in [0.2, 0.25) is 0 Å². The molecular formula is C16H22FN3O. The van der Waals surface area contributed by atoms with Crippen molar-refractivity contribution < 1.29 is 9.13 Å². The molecule has 1 atom stereocenters. The minimum Gasteiger partial charge on any atom is -0.497 e. The van der Waals surface area contributed by atoms with Crippen molar-refractivity contribution in [2.24, 2.45) is 7.05 Å². The summed E-state index contributed by atoms with van der Waals surface area (Å²) in [7, 11) is 5.29. The van der Waals surface area contributed by atoms with E-state index in [0.717, 1.165) is 17.8 Å². The van der Waals surface area contributed by atoms with Gasteiger partial charge in [-0.1, -0.05) is 13.0 Å². The number of hydrogen-bond donors (Lipinski definition) is 1. The van der Waals surface area contributed by atoms with Crippen LogP contribution in [0.1, 0.15) is 29.9 Å². The van der Waals surface area contributed by atoms with E-state index in [1.165, 1.54) is 13.2 Å². The molecule has 1 unspecified atom stereocenters. The number of aryl methyl sites for hydroxylation is 2. The molecule has 1 N–H and O–H groups in total. The number of likely N-dealkylation sites (N-methyl/N-ethyl adjacent to an activating group) is 1. The van der Waals surface area contributed by atoms with Crippen LogP contribution in [-0.4, -0.2) is 23.9 Å². The van der Waals surface area contributed by atoms with Gasteiger partial charge in [-0.25, -0.2) is 4.39 Å². The highest BCUT2D eigenvalue weighted by Gasteiger charge is 2.17. The van der Waals surface area contributed by atoms with Crippen LogP contribution in [0.15, 0.2) is 24.3 Å². The summed E-state index contributed by atoms with van der Waals surface area (Å²) in [6, 6.07) is 6.94. The second kappa shape index (κ2) is 6.72. The Balaban J connectivity index is 2.25. The second-order valence-corrected chi connectivity index (χ2v) is 5.04. The van der Waals surface area contributed by atoms with Crippen LogP contribution < -0.4 is 10.1 Å². The lowest BCUT2D eigenvalue weighted by atomic mass is 10.0. The van der Waals surface area contributed by atoms with Crippen LogP contribution in [0.2, 0.25) is 0 Å². The molecule has 1 aromatic carbocycles. The molecule has 1 heterocycles. The highest BCUT2D eigenvalue weighted by molar-refractivity contribution is 5.31. The first-order valence-corrected chi connectivity index (χ1v) is 7.11. The van der Waals surface area contributed by atoms with Gasteiger partial charge in [-0.2, -0.15) is 5.10 Å². The van der Waals surface area contributed by atoms with E-state index in [4.69, 9.17) is 4.74 Å². The third-order valence-corrected chi connectivity index (χ3v) is 3.73. The summed E-state index contributed by atoms with van der Waals surface area (Å²) in [5.41, 5.74) is 2.77. The predicted octanol–water partition coefficient (Wildman–Crippen LogP) is 2.63. The summed E-state index contributed by atoms with van der Waals surface area (Å²) in [5.74, 6) is 0.270. The molecule has 0 fully saturated rings. The van der Waals surface area contributed by atoms with E-state index in [0.29, 0.717) is 17.7 Å². The summed E-state index contributed by atoms with van der Waals surface area (Å²) < 4.78 is 21.1. The van der Waals surface area contributed by atoms with Crippen LogP contribution in [0, 0.1) is 5.82 Å². The lowest BCUT2D eigenvalue weighted by Crippen LogP contribution is -2.21. The molecule has 0 amide bonds. The average Bonchev–Trinajstić information content (AvgIpc) is 2.85. The van der Waals surface area contributed by atoms with Gasteiger partial charge in [-0.15, -0.1) is 0 Å². The average molecular weight is 291 g/mol. The Labute approximate surface area is 124 Å². The first-order chi connectivity index (χ1) is 10.1. The van der Waals surface area contributed by atoms with E-state index in [1.54, 1.807) is 12.1 Å². The molecule has 0 bridgehead atoms. The Hall–Kier alpha value is -1.88. The van der Waals surface area contributed by atoms with Gasteiger partial charge in [-0.3, -0.25) is 4.68 Å². The van der Waals surface area contributed by atoms with Gasteiger partial charge in [0, 0.05) is 36.8 Å². The van der Waals surface area contributed by atoms with E-state index in [1.807, 2.05) is 18.8 Å². The third-order valence-electron chi connectivity index (χ3n) is 3.73. The predicted molar refractivity (Wildman–Crippen MR) is 81.0 cm³/mol. The van der Waals surface area contributed by atoms with E-state index in [2.05, 4.69) is 23.4 Å². The van der Waals surface area contributed by atoms with Gasteiger partial charge >= 0.3 is 0 Å². The summed E-state index contributed by atoms with van der Waals surface area (Å²) in [5, 5.41) is 7.61. The van der Waals surface area contributed by atoms with Crippen LogP contribution >= 0.6 is 0 Å². The van der Waals surface area contributed by atoms with Gasteiger partial charge in [0.05, 0.1) is 12.8 Å². The molecule has 0 saturated heterocycles. The SMILES string of the molecule is CCc1cc(CC(NC)c2ccc(OC)cc2F)n(C)n1. The molecule has 2 rings (SSSR count). The maximum atomic E-state index is 14.2. The van der Waals surface area contributed by atoms with Crippen molar-refractivity contribution in [3.63, 3.8) is 0 Å². The Bertz CT molecular complexity index is 610. The second-order valence-electron chi connectivity index (χ2n) is 5.04. The first kappa shape index (κ1) is 15.5. The summed E-state index contributed by atoms with van der Waals surface area (Å²) in [6.07, 6.45) is 1.58. The number of benzene rings is 1. The van der Waals surface area contributed by atoms with Crippen molar-refractivity contribution in [3.05, 3.63) is 47.0 Å². The fraction of sp³-hybridized carbons (Fsp3) is 0.438. The van der Waals surface area contributed by atoms with Crippen molar-refractivity contribution in [1.29, 1.82) is 0 Å². The van der Waals surface area contributed by atoms with Crippen molar-refractivity contribution in [3.8, 4) is 5.75 Å². The molecule has 0 aliphatic heterocycles. The van der Waals surface area contributed by atoms with E-state index >= 15 is 0 Å². The maximum absolute atomic E-state index is 14.2. The Kier molecular flexibility index (Phi) is 4.96. The van der Waals surface area contributed by atoms with Crippen molar-refractivity contribution in [1.82, 2.24) is 15.1 Å². The van der Waals surface area contributed by atoms with Crippen LogP contribution in [0.4, 0.5) is 4.39 Å². The van der Waals surface area contributed by atoms with E-state index < -0.39 is 0 Å². The van der Waals surface area contributed by atoms with Crippen LogP contribution in [0.3, 0.4) is 0 Å². The standard InChI is InChI=1S/C16H22FN3O/c1-5-11-8-12(20(3)19-11)9-16(18-2)14-7-6-13(21-4)10-15(14)17/h6-8,10,16,18H,5,9H2,1-4H3. The molecule has 0 aliphatic carbocycles. The number of nitrogens with one attached hydrogen (secondary N) is 1. The van der Waals surface area contributed by atoms with Gasteiger partial charge in [0.25, 0.3) is 0 Å². The fourth-order valence-corrected chi connectivity index (χ4v) is 2.43. The molecule has 0 aliphatic rings. The quantitative estimate of drug-likeness (QED) is 0.889. The third kappa shape index (κ3) is 3.42. The zero-order valence-corrected chi connectivity index (χ0v) is 13.0. The number of ether oxygens (including phenoxy) is 1. The van der Waals surface area contributed by atoms with Gasteiger partial charge in [0.1, 0.15) is 11.6 Å². The highest BCUT2D eigenvalue weighted by Crippen LogP contribution is 2.24. The molecule has 114 valence electrons. The molecule has 4 nitrogen and oxygen atoms in total. The number of rotatable bonds is 6. The Morgan fingerprint density at radius 3 is 2.67 bits per heavy atom. The summed E-state index contributed by atoms with van der Waals surface area (Å²) in [6.45, 7) is 2.07. The maximum Gasteiger partial charge on any atom is 0.131 e. The van der Waals surface area contributed by atoms with Gasteiger partial charge in [0.15, 0.2) is 0 Å². The number of methoxy groups -OCH3 is 1. The number of hydrogen-bond acceptors (Lipinski definition) is 3. The van der Waals surface area contributed by atoms with E-state index in [-0.39, 0.29) is 11.9 Å².